The molecule has 66 valence electrons. The van der Waals surface area contributed by atoms with Crippen molar-refractivity contribution < 1.29 is 0 Å². The fourth-order valence-electron chi connectivity index (χ4n) is 0.671. The second-order valence-corrected chi connectivity index (χ2v) is 2.46. The van der Waals surface area contributed by atoms with Crippen LogP contribution in [0.25, 0.3) is 0 Å². The Bertz CT molecular complexity index is 106. The maximum absolute atomic E-state index is 4.24. The second-order valence-electron chi connectivity index (χ2n) is 2.01. The van der Waals surface area contributed by atoms with Crippen LogP contribution in [0.15, 0.2) is 4.99 Å². The van der Waals surface area contributed by atoms with Gasteiger partial charge in [-0.05, 0) is 13.8 Å². The van der Waals surface area contributed by atoms with Crippen molar-refractivity contribution in [3.63, 3.8) is 0 Å². The normalized spacial score (nSPS) is 9.00. The van der Waals surface area contributed by atoms with Crippen molar-refractivity contribution in [2.75, 3.05) is 25.4 Å². The predicted molar refractivity (Wildman–Crippen MR) is 53.5 cm³/mol. The molecular weight excluding hydrogens is 158 g/mol. The van der Waals surface area contributed by atoms with Crippen LogP contribution in [0.2, 0.25) is 0 Å². The maximum Gasteiger partial charge on any atom is 0.191 e. The lowest BCUT2D eigenvalue weighted by molar-refractivity contribution is 0.846. The van der Waals surface area contributed by atoms with E-state index in [0.29, 0.717) is 0 Å². The van der Waals surface area contributed by atoms with E-state index in [-0.39, 0.29) is 0 Å². The third-order valence-corrected chi connectivity index (χ3v) is 1.26. The van der Waals surface area contributed by atoms with Gasteiger partial charge < -0.3 is 10.6 Å². The average molecular weight is 175 g/mol. The van der Waals surface area contributed by atoms with E-state index in [0.717, 1.165) is 31.3 Å². The highest BCUT2D eigenvalue weighted by Gasteiger charge is 1.90. The van der Waals surface area contributed by atoms with E-state index in [1.807, 2.05) is 13.8 Å². The van der Waals surface area contributed by atoms with Crippen LogP contribution >= 0.6 is 12.6 Å². The molecule has 0 saturated carbocycles. The van der Waals surface area contributed by atoms with Crippen molar-refractivity contribution in [1.29, 1.82) is 0 Å². The number of guanidine groups is 1. The van der Waals surface area contributed by atoms with Crippen LogP contribution in [0.1, 0.15) is 13.8 Å². The van der Waals surface area contributed by atoms with E-state index in [9.17, 15) is 0 Å². The quantitative estimate of drug-likeness (QED) is 0.330. The summed E-state index contributed by atoms with van der Waals surface area (Å²) in [4.78, 5) is 4.24. The summed E-state index contributed by atoms with van der Waals surface area (Å²) in [5, 5.41) is 6.25. The molecule has 11 heavy (non-hydrogen) atoms. The van der Waals surface area contributed by atoms with E-state index in [4.69, 9.17) is 0 Å². The Morgan fingerprint density at radius 2 is 1.82 bits per heavy atom. The smallest absolute Gasteiger partial charge is 0.191 e. The Hall–Kier alpha value is -0.380. The molecule has 0 aromatic rings. The molecule has 3 nitrogen and oxygen atoms in total. The molecule has 0 unspecified atom stereocenters. The van der Waals surface area contributed by atoms with Gasteiger partial charge >= 0.3 is 0 Å². The van der Waals surface area contributed by atoms with Gasteiger partial charge in [-0.3, -0.25) is 4.99 Å². The summed E-state index contributed by atoms with van der Waals surface area (Å²) in [6.07, 6.45) is 0. The van der Waals surface area contributed by atoms with Gasteiger partial charge in [0.25, 0.3) is 0 Å². The van der Waals surface area contributed by atoms with E-state index in [2.05, 4.69) is 28.3 Å². The van der Waals surface area contributed by atoms with Crippen LogP contribution in [-0.4, -0.2) is 31.3 Å². The first kappa shape index (κ1) is 10.6. The highest BCUT2D eigenvalue weighted by molar-refractivity contribution is 7.80. The van der Waals surface area contributed by atoms with Crippen LogP contribution in [0, 0.1) is 0 Å². The third kappa shape index (κ3) is 6.04. The fourth-order valence-corrected chi connectivity index (χ4v) is 0.771. The van der Waals surface area contributed by atoms with Crippen molar-refractivity contribution in [1.82, 2.24) is 10.6 Å². The summed E-state index contributed by atoms with van der Waals surface area (Å²) < 4.78 is 0. The van der Waals surface area contributed by atoms with Crippen LogP contribution in [-0.2, 0) is 0 Å². The van der Waals surface area contributed by atoms with Gasteiger partial charge in [0.1, 0.15) is 0 Å². The van der Waals surface area contributed by atoms with Crippen molar-refractivity contribution in [3.8, 4) is 0 Å². The first-order valence-electron chi connectivity index (χ1n) is 3.98. The van der Waals surface area contributed by atoms with Gasteiger partial charge in [-0.1, -0.05) is 0 Å². The minimum absolute atomic E-state index is 0.762. The molecule has 0 rings (SSSR count). The van der Waals surface area contributed by atoms with E-state index in [1.165, 1.54) is 0 Å². The van der Waals surface area contributed by atoms with Gasteiger partial charge in [0.2, 0.25) is 0 Å². The Labute approximate surface area is 74.1 Å². The molecule has 0 bridgehead atoms. The number of hydrogen-bond acceptors (Lipinski definition) is 2. The van der Waals surface area contributed by atoms with Crippen LogP contribution in [0.3, 0.4) is 0 Å². The predicted octanol–water partition coefficient (Wildman–Crippen LogP) is 0.491. The van der Waals surface area contributed by atoms with Crippen LogP contribution in [0.4, 0.5) is 0 Å². The number of nitrogens with one attached hydrogen (secondary N) is 2. The molecule has 0 amide bonds. The summed E-state index contributed by atoms with van der Waals surface area (Å²) >= 11 is 4.07. The molecule has 2 N–H and O–H groups in total. The van der Waals surface area contributed by atoms with E-state index < -0.39 is 0 Å². The minimum atomic E-state index is 0.762. The molecule has 0 aliphatic carbocycles. The molecule has 0 saturated heterocycles. The van der Waals surface area contributed by atoms with Gasteiger partial charge in [-0.2, -0.15) is 12.6 Å². The van der Waals surface area contributed by atoms with Gasteiger partial charge in [0, 0.05) is 18.8 Å². The fraction of sp³-hybridized carbons (Fsp3) is 0.857. The topological polar surface area (TPSA) is 36.4 Å². The van der Waals surface area contributed by atoms with E-state index >= 15 is 0 Å². The van der Waals surface area contributed by atoms with Crippen molar-refractivity contribution in [3.05, 3.63) is 0 Å². The third-order valence-electron chi connectivity index (χ3n) is 1.06. The molecule has 0 atom stereocenters. The average Bonchev–Trinajstić information content (AvgIpc) is 2.01. The standard InChI is InChI=1S/C7H17N3S/c1-3-8-7(9-4-2)10-5-6-11/h11H,3-6H2,1-2H3,(H2,8,9,10). The SMILES string of the molecule is CCNC(=NCCS)NCC. The molecule has 0 heterocycles. The highest BCUT2D eigenvalue weighted by atomic mass is 32.1. The first-order chi connectivity index (χ1) is 5.35. The monoisotopic (exact) mass is 175 g/mol. The lowest BCUT2D eigenvalue weighted by Crippen LogP contribution is -2.37. The van der Waals surface area contributed by atoms with Gasteiger partial charge in [-0.25, -0.2) is 0 Å². The van der Waals surface area contributed by atoms with Gasteiger partial charge in [0.15, 0.2) is 5.96 Å². The minimum Gasteiger partial charge on any atom is -0.357 e. The Morgan fingerprint density at radius 1 is 1.27 bits per heavy atom. The number of thiol groups is 1. The lowest BCUT2D eigenvalue weighted by atomic mass is 10.6. The van der Waals surface area contributed by atoms with Crippen LogP contribution < -0.4 is 10.6 Å². The number of nitrogens with zero attached hydrogens (tertiary/aromatic N) is 1. The maximum atomic E-state index is 4.24. The summed E-state index contributed by atoms with van der Waals surface area (Å²) in [6.45, 7) is 6.66. The largest absolute Gasteiger partial charge is 0.357 e. The van der Waals surface area contributed by atoms with Crippen molar-refractivity contribution >= 4 is 18.6 Å². The van der Waals surface area contributed by atoms with Gasteiger partial charge in [0.05, 0.1) is 6.54 Å². The summed E-state index contributed by atoms with van der Waals surface area (Å²) in [5.74, 6) is 1.67. The van der Waals surface area contributed by atoms with E-state index in [1.54, 1.807) is 0 Å². The number of aliphatic imine (C=N–C) groups is 1. The molecule has 0 radical (unpaired) electrons. The molecule has 0 spiro atoms. The number of rotatable bonds is 4. The summed E-state index contributed by atoms with van der Waals surface area (Å²) in [7, 11) is 0. The van der Waals surface area contributed by atoms with Gasteiger partial charge in [-0.15, -0.1) is 0 Å². The van der Waals surface area contributed by atoms with Crippen LogP contribution in [0.5, 0.6) is 0 Å². The van der Waals surface area contributed by atoms with Crippen molar-refractivity contribution in [2.45, 2.75) is 13.8 Å². The molecule has 0 aromatic heterocycles. The zero-order valence-electron chi connectivity index (χ0n) is 7.22. The highest BCUT2D eigenvalue weighted by Crippen LogP contribution is 1.76. The summed E-state index contributed by atoms with van der Waals surface area (Å²) in [6, 6.07) is 0. The van der Waals surface area contributed by atoms with Crippen molar-refractivity contribution in [2.24, 2.45) is 4.99 Å². The molecule has 0 aliphatic heterocycles. The second kappa shape index (κ2) is 7.72. The Balaban J connectivity index is 3.66. The Morgan fingerprint density at radius 3 is 2.18 bits per heavy atom. The molecule has 0 aromatic carbocycles. The first-order valence-corrected chi connectivity index (χ1v) is 4.61. The summed E-state index contributed by atoms with van der Waals surface area (Å²) in [5.41, 5.74) is 0. The Kier molecular flexibility index (Phi) is 7.46. The zero-order chi connectivity index (χ0) is 8.53. The lowest BCUT2D eigenvalue weighted by Gasteiger charge is -2.07. The molecule has 0 aliphatic rings. The zero-order valence-corrected chi connectivity index (χ0v) is 8.12. The molecule has 4 heteroatoms. The molecular formula is C7H17N3S. The number of hydrogen-bond donors (Lipinski definition) is 3. The molecule has 0 fully saturated rings.